The average molecular weight is 376 g/mol. The number of nitrogens with zero attached hydrogens (tertiary/aromatic N) is 2. The Bertz CT molecular complexity index is 996. The number of carbonyl (C=O) groups is 1. The number of anilines is 2. The SMILES string of the molecule is C[C@H](C(=O)Nc1cccc(NS(C)(=O)=O)c1)n1nc(C2CC2)ccc1=O. The molecule has 9 heteroatoms. The Balaban J connectivity index is 1.77. The number of aromatic nitrogens is 2. The molecule has 0 spiro atoms. The van der Waals surface area contributed by atoms with Gasteiger partial charge in [-0.05, 0) is 44.0 Å². The van der Waals surface area contributed by atoms with Gasteiger partial charge in [-0.25, -0.2) is 13.1 Å². The van der Waals surface area contributed by atoms with Crippen LogP contribution in [-0.2, 0) is 14.8 Å². The van der Waals surface area contributed by atoms with Crippen LogP contribution in [0.1, 0.15) is 37.4 Å². The van der Waals surface area contributed by atoms with Crippen LogP contribution in [0.4, 0.5) is 11.4 Å². The molecule has 2 N–H and O–H groups in total. The molecule has 1 heterocycles. The lowest BCUT2D eigenvalue weighted by Crippen LogP contribution is -2.33. The minimum atomic E-state index is -3.41. The van der Waals surface area contributed by atoms with Gasteiger partial charge in [0, 0.05) is 17.7 Å². The van der Waals surface area contributed by atoms with Gasteiger partial charge in [0.15, 0.2) is 0 Å². The summed E-state index contributed by atoms with van der Waals surface area (Å²) in [7, 11) is -3.41. The van der Waals surface area contributed by atoms with Crippen molar-refractivity contribution >= 4 is 27.3 Å². The van der Waals surface area contributed by atoms with Gasteiger partial charge in [0.05, 0.1) is 17.6 Å². The van der Waals surface area contributed by atoms with Gasteiger partial charge in [0.25, 0.3) is 5.56 Å². The second-order valence-electron chi connectivity index (χ2n) is 6.44. The number of benzene rings is 1. The van der Waals surface area contributed by atoms with Crippen LogP contribution in [0.5, 0.6) is 0 Å². The monoisotopic (exact) mass is 376 g/mol. The highest BCUT2D eigenvalue weighted by Gasteiger charge is 2.27. The highest BCUT2D eigenvalue weighted by molar-refractivity contribution is 7.92. The highest BCUT2D eigenvalue weighted by Crippen LogP contribution is 2.38. The summed E-state index contributed by atoms with van der Waals surface area (Å²) in [5.41, 5.74) is 1.24. The predicted octanol–water partition coefficient (Wildman–Crippen LogP) is 1.69. The molecule has 8 nitrogen and oxygen atoms in total. The standard InChI is InChI=1S/C17H20N4O4S/c1-11(21-16(22)9-8-15(19-21)12-6-7-12)17(23)18-13-4-3-5-14(10-13)20-26(2,24)25/h3-5,8-12,20H,6-7H2,1-2H3,(H,18,23)/t11-/m1/s1. The molecule has 0 bridgehead atoms. The van der Waals surface area contributed by atoms with Crippen molar-refractivity contribution in [2.75, 3.05) is 16.3 Å². The van der Waals surface area contributed by atoms with Gasteiger partial charge >= 0.3 is 0 Å². The minimum Gasteiger partial charge on any atom is -0.324 e. The number of carbonyl (C=O) groups excluding carboxylic acids is 1. The number of rotatable bonds is 6. The maximum atomic E-state index is 12.5. The molecule has 26 heavy (non-hydrogen) atoms. The molecule has 1 aromatic carbocycles. The fourth-order valence-corrected chi connectivity index (χ4v) is 3.10. The Morgan fingerprint density at radius 1 is 1.23 bits per heavy atom. The summed E-state index contributed by atoms with van der Waals surface area (Å²) in [6.07, 6.45) is 3.14. The van der Waals surface area contributed by atoms with E-state index in [2.05, 4.69) is 15.1 Å². The van der Waals surface area contributed by atoms with Gasteiger partial charge in [-0.1, -0.05) is 6.07 Å². The summed E-state index contributed by atoms with van der Waals surface area (Å²) in [6.45, 7) is 1.60. The Morgan fingerprint density at radius 2 is 1.92 bits per heavy atom. The van der Waals surface area contributed by atoms with Crippen molar-refractivity contribution in [2.45, 2.75) is 31.7 Å². The van der Waals surface area contributed by atoms with Crippen molar-refractivity contribution in [1.82, 2.24) is 9.78 Å². The van der Waals surface area contributed by atoms with E-state index in [1.165, 1.54) is 16.8 Å². The zero-order valence-corrected chi connectivity index (χ0v) is 15.3. The third-order valence-electron chi connectivity index (χ3n) is 4.02. The lowest BCUT2D eigenvalue weighted by Gasteiger charge is -2.15. The van der Waals surface area contributed by atoms with E-state index in [0.29, 0.717) is 17.3 Å². The van der Waals surface area contributed by atoms with Crippen molar-refractivity contribution in [3.8, 4) is 0 Å². The van der Waals surface area contributed by atoms with E-state index in [1.54, 1.807) is 31.2 Å². The molecule has 0 saturated heterocycles. The second-order valence-corrected chi connectivity index (χ2v) is 8.18. The van der Waals surface area contributed by atoms with Crippen LogP contribution in [-0.4, -0.2) is 30.4 Å². The van der Waals surface area contributed by atoms with E-state index in [4.69, 9.17) is 0 Å². The average Bonchev–Trinajstić information content (AvgIpc) is 3.38. The van der Waals surface area contributed by atoms with Crippen LogP contribution in [0.15, 0.2) is 41.2 Å². The van der Waals surface area contributed by atoms with E-state index in [-0.39, 0.29) is 5.56 Å². The van der Waals surface area contributed by atoms with Gasteiger partial charge in [-0.2, -0.15) is 5.10 Å². The quantitative estimate of drug-likeness (QED) is 0.797. The Labute approximate surface area is 151 Å². The van der Waals surface area contributed by atoms with Gasteiger partial charge < -0.3 is 5.32 Å². The van der Waals surface area contributed by atoms with Crippen LogP contribution in [0.2, 0.25) is 0 Å². The summed E-state index contributed by atoms with van der Waals surface area (Å²) in [5.74, 6) is -0.0417. The van der Waals surface area contributed by atoms with E-state index in [0.717, 1.165) is 24.8 Å². The van der Waals surface area contributed by atoms with Crippen LogP contribution < -0.4 is 15.6 Å². The highest BCUT2D eigenvalue weighted by atomic mass is 32.2. The molecule has 1 saturated carbocycles. The molecule has 138 valence electrons. The zero-order valence-electron chi connectivity index (χ0n) is 14.5. The second kappa shape index (κ2) is 6.91. The first-order chi connectivity index (χ1) is 12.2. The summed E-state index contributed by atoms with van der Waals surface area (Å²) in [6, 6.07) is 8.67. The molecule has 3 rings (SSSR count). The summed E-state index contributed by atoms with van der Waals surface area (Å²) < 4.78 is 26.2. The Morgan fingerprint density at radius 3 is 2.58 bits per heavy atom. The van der Waals surface area contributed by atoms with Crippen LogP contribution in [0.3, 0.4) is 0 Å². The van der Waals surface area contributed by atoms with Crippen molar-refractivity contribution in [3.63, 3.8) is 0 Å². The van der Waals surface area contributed by atoms with E-state index < -0.39 is 22.0 Å². The summed E-state index contributed by atoms with van der Waals surface area (Å²) >= 11 is 0. The molecule has 0 radical (unpaired) electrons. The third-order valence-corrected chi connectivity index (χ3v) is 4.63. The number of sulfonamides is 1. The molecular weight excluding hydrogens is 356 g/mol. The molecule has 1 atom stereocenters. The molecular formula is C17H20N4O4S. The van der Waals surface area contributed by atoms with Crippen LogP contribution in [0, 0.1) is 0 Å². The summed E-state index contributed by atoms with van der Waals surface area (Å²) in [4.78, 5) is 24.6. The number of hydrogen-bond acceptors (Lipinski definition) is 5. The first kappa shape index (κ1) is 18.1. The van der Waals surface area contributed by atoms with Crippen LogP contribution in [0.25, 0.3) is 0 Å². The zero-order chi connectivity index (χ0) is 18.9. The minimum absolute atomic E-state index is 0.337. The smallest absolute Gasteiger partial charge is 0.267 e. The van der Waals surface area contributed by atoms with Crippen molar-refractivity contribution in [2.24, 2.45) is 0 Å². The fourth-order valence-electron chi connectivity index (χ4n) is 2.55. The van der Waals surface area contributed by atoms with E-state index in [1.807, 2.05) is 0 Å². The molecule has 1 aliphatic carbocycles. The lowest BCUT2D eigenvalue weighted by atomic mass is 10.2. The van der Waals surface area contributed by atoms with Gasteiger partial charge in [-0.15, -0.1) is 0 Å². The van der Waals surface area contributed by atoms with Gasteiger partial charge in [0.1, 0.15) is 6.04 Å². The molecule has 2 aromatic rings. The predicted molar refractivity (Wildman–Crippen MR) is 98.7 cm³/mol. The molecule has 1 aliphatic rings. The van der Waals surface area contributed by atoms with Gasteiger partial charge in [-0.3, -0.25) is 14.3 Å². The maximum Gasteiger partial charge on any atom is 0.267 e. The van der Waals surface area contributed by atoms with Crippen molar-refractivity contribution < 1.29 is 13.2 Å². The van der Waals surface area contributed by atoms with Crippen molar-refractivity contribution in [1.29, 1.82) is 0 Å². The topological polar surface area (TPSA) is 110 Å². The summed E-state index contributed by atoms with van der Waals surface area (Å²) in [5, 5.41) is 7.00. The van der Waals surface area contributed by atoms with E-state index >= 15 is 0 Å². The van der Waals surface area contributed by atoms with Gasteiger partial charge in [0.2, 0.25) is 15.9 Å². The molecule has 1 amide bonds. The normalized spacial score (nSPS) is 15.3. The first-order valence-electron chi connectivity index (χ1n) is 8.21. The Kier molecular flexibility index (Phi) is 4.82. The first-order valence-corrected chi connectivity index (χ1v) is 10.1. The number of hydrogen-bond donors (Lipinski definition) is 2. The van der Waals surface area contributed by atoms with E-state index in [9.17, 15) is 18.0 Å². The molecule has 0 aliphatic heterocycles. The Hall–Kier alpha value is -2.68. The molecule has 1 aromatic heterocycles. The largest absolute Gasteiger partial charge is 0.324 e. The molecule has 1 fully saturated rings. The fraction of sp³-hybridized carbons (Fsp3) is 0.353. The van der Waals surface area contributed by atoms with Crippen molar-refractivity contribution in [3.05, 3.63) is 52.4 Å². The third kappa shape index (κ3) is 4.48. The van der Waals surface area contributed by atoms with Crippen LogP contribution >= 0.6 is 0 Å². The molecule has 0 unspecified atom stereocenters. The number of amides is 1. The lowest BCUT2D eigenvalue weighted by molar-refractivity contribution is -0.119. The number of nitrogens with one attached hydrogen (secondary N) is 2. The maximum absolute atomic E-state index is 12.5.